The van der Waals surface area contributed by atoms with Crippen molar-refractivity contribution < 1.29 is 14.6 Å². The molecule has 5 heteroatoms. The molecule has 0 aromatic carbocycles. The molecule has 20 heavy (non-hydrogen) atoms. The van der Waals surface area contributed by atoms with E-state index in [1.54, 1.807) is 0 Å². The summed E-state index contributed by atoms with van der Waals surface area (Å²) in [5.41, 5.74) is -0.563. The minimum atomic E-state index is -0.563. The maximum Gasteiger partial charge on any atom is 0.326 e. The predicted molar refractivity (Wildman–Crippen MR) is 86.2 cm³/mol. The highest BCUT2D eigenvalue weighted by molar-refractivity contribution is 7.99. The van der Waals surface area contributed by atoms with E-state index in [0.717, 1.165) is 38.0 Å². The predicted octanol–water partition coefficient (Wildman–Crippen LogP) is 2.59. The number of aliphatic hydroxyl groups is 1. The second-order valence-corrected chi connectivity index (χ2v) is 6.78. The molecule has 0 aliphatic carbocycles. The smallest absolute Gasteiger partial charge is 0.326 e. The summed E-state index contributed by atoms with van der Waals surface area (Å²) in [6.45, 7) is 9.35. The maximum absolute atomic E-state index is 12.0. The third-order valence-corrected chi connectivity index (χ3v) is 4.63. The maximum atomic E-state index is 12.0. The second-order valence-electron chi connectivity index (χ2n) is 5.23. The van der Waals surface area contributed by atoms with Gasteiger partial charge in [0.1, 0.15) is 5.54 Å². The van der Waals surface area contributed by atoms with Crippen molar-refractivity contribution in [2.75, 3.05) is 25.5 Å². The Labute approximate surface area is 128 Å². The SMILES string of the molecule is CCNC(C)(CCCCSC(C)CCO)C(=O)OCC. The average Bonchev–Trinajstić information content (AvgIpc) is 2.39. The molecule has 2 N–H and O–H groups in total. The standard InChI is InChI=1S/C15H31NO3S/c1-5-16-15(4,14(18)19-6-2)10-7-8-12-20-13(3)9-11-17/h13,16-17H,5-12H2,1-4H3. The lowest BCUT2D eigenvalue weighted by Crippen LogP contribution is -2.50. The van der Waals surface area contributed by atoms with Crippen molar-refractivity contribution in [2.24, 2.45) is 0 Å². The van der Waals surface area contributed by atoms with Gasteiger partial charge in [-0.15, -0.1) is 0 Å². The van der Waals surface area contributed by atoms with E-state index in [4.69, 9.17) is 9.84 Å². The molecule has 2 atom stereocenters. The Morgan fingerprint density at radius 2 is 2.10 bits per heavy atom. The average molecular weight is 305 g/mol. The fourth-order valence-corrected chi connectivity index (χ4v) is 3.12. The van der Waals surface area contributed by atoms with Gasteiger partial charge in [0.15, 0.2) is 0 Å². The van der Waals surface area contributed by atoms with E-state index in [9.17, 15) is 4.79 Å². The fourth-order valence-electron chi connectivity index (χ4n) is 2.07. The van der Waals surface area contributed by atoms with Crippen LogP contribution in [0.3, 0.4) is 0 Å². The summed E-state index contributed by atoms with van der Waals surface area (Å²) in [6, 6.07) is 0. The summed E-state index contributed by atoms with van der Waals surface area (Å²) in [6.07, 6.45) is 3.74. The molecule has 0 rings (SSSR count). The monoisotopic (exact) mass is 305 g/mol. The van der Waals surface area contributed by atoms with Crippen molar-refractivity contribution in [3.05, 3.63) is 0 Å². The molecule has 4 nitrogen and oxygen atoms in total. The topological polar surface area (TPSA) is 58.6 Å². The van der Waals surface area contributed by atoms with Crippen LogP contribution in [0, 0.1) is 0 Å². The van der Waals surface area contributed by atoms with Crippen LogP contribution < -0.4 is 5.32 Å². The molecule has 0 aromatic rings. The Balaban J connectivity index is 4.00. The van der Waals surface area contributed by atoms with Crippen molar-refractivity contribution >= 4 is 17.7 Å². The molecule has 0 radical (unpaired) electrons. The number of carbonyl (C=O) groups is 1. The van der Waals surface area contributed by atoms with E-state index in [1.807, 2.05) is 32.5 Å². The van der Waals surface area contributed by atoms with Gasteiger partial charge in [-0.25, -0.2) is 0 Å². The summed E-state index contributed by atoms with van der Waals surface area (Å²) in [5, 5.41) is 12.6. The van der Waals surface area contributed by atoms with Crippen LogP contribution >= 0.6 is 11.8 Å². The van der Waals surface area contributed by atoms with Crippen molar-refractivity contribution in [3.63, 3.8) is 0 Å². The lowest BCUT2D eigenvalue weighted by molar-refractivity contribution is -0.150. The Morgan fingerprint density at radius 1 is 1.40 bits per heavy atom. The van der Waals surface area contributed by atoms with E-state index < -0.39 is 5.54 Å². The number of hydrogen-bond donors (Lipinski definition) is 2. The van der Waals surface area contributed by atoms with Gasteiger partial charge in [-0.05, 0) is 45.4 Å². The van der Waals surface area contributed by atoms with E-state index in [0.29, 0.717) is 11.9 Å². The van der Waals surface area contributed by atoms with Crippen molar-refractivity contribution in [2.45, 2.75) is 64.2 Å². The lowest BCUT2D eigenvalue weighted by atomic mass is 9.95. The van der Waals surface area contributed by atoms with Gasteiger partial charge in [-0.2, -0.15) is 11.8 Å². The van der Waals surface area contributed by atoms with E-state index in [-0.39, 0.29) is 12.6 Å². The Kier molecular flexibility index (Phi) is 11.3. The molecule has 0 amide bonds. The van der Waals surface area contributed by atoms with Crippen LogP contribution in [0.15, 0.2) is 0 Å². The molecule has 0 saturated heterocycles. The first kappa shape index (κ1) is 19.7. The first-order valence-electron chi connectivity index (χ1n) is 7.64. The largest absolute Gasteiger partial charge is 0.465 e. The summed E-state index contributed by atoms with van der Waals surface area (Å²) >= 11 is 1.89. The third kappa shape index (κ3) is 8.12. The first-order valence-corrected chi connectivity index (χ1v) is 8.69. The van der Waals surface area contributed by atoms with Crippen molar-refractivity contribution in [1.82, 2.24) is 5.32 Å². The van der Waals surface area contributed by atoms with Gasteiger partial charge in [0.25, 0.3) is 0 Å². The molecule has 0 aliphatic heterocycles. The van der Waals surface area contributed by atoms with Crippen LogP contribution in [-0.4, -0.2) is 47.4 Å². The number of likely N-dealkylation sites (N-methyl/N-ethyl adjacent to an activating group) is 1. The zero-order valence-corrected chi connectivity index (χ0v) is 14.2. The van der Waals surface area contributed by atoms with Crippen LogP contribution in [0.25, 0.3) is 0 Å². The normalized spacial score (nSPS) is 15.7. The quantitative estimate of drug-likeness (QED) is 0.429. The van der Waals surface area contributed by atoms with E-state index in [1.165, 1.54) is 0 Å². The molecule has 0 bridgehead atoms. The fraction of sp³-hybridized carbons (Fsp3) is 0.933. The van der Waals surface area contributed by atoms with Gasteiger partial charge in [-0.3, -0.25) is 4.79 Å². The number of nitrogens with one attached hydrogen (secondary N) is 1. The van der Waals surface area contributed by atoms with Crippen LogP contribution in [0.4, 0.5) is 0 Å². The van der Waals surface area contributed by atoms with Gasteiger partial charge in [0.2, 0.25) is 0 Å². The molecule has 0 aromatic heterocycles. The number of hydrogen-bond acceptors (Lipinski definition) is 5. The molecular formula is C15H31NO3S. The molecule has 0 spiro atoms. The van der Waals surface area contributed by atoms with Gasteiger partial charge >= 0.3 is 5.97 Å². The van der Waals surface area contributed by atoms with Crippen molar-refractivity contribution in [3.8, 4) is 0 Å². The number of ether oxygens (including phenoxy) is 1. The second kappa shape index (κ2) is 11.4. The van der Waals surface area contributed by atoms with Crippen LogP contribution in [-0.2, 0) is 9.53 Å². The van der Waals surface area contributed by atoms with Crippen molar-refractivity contribution in [1.29, 1.82) is 0 Å². The summed E-state index contributed by atoms with van der Waals surface area (Å²) in [7, 11) is 0. The number of aliphatic hydroxyl groups excluding tert-OH is 1. The van der Waals surface area contributed by atoms with Crippen LogP contribution in [0.2, 0.25) is 0 Å². The number of esters is 1. The number of rotatable bonds is 12. The highest BCUT2D eigenvalue weighted by Crippen LogP contribution is 2.20. The molecule has 120 valence electrons. The van der Waals surface area contributed by atoms with E-state index in [2.05, 4.69) is 12.2 Å². The summed E-state index contributed by atoms with van der Waals surface area (Å²) < 4.78 is 5.15. The number of unbranched alkanes of at least 4 members (excludes halogenated alkanes) is 1. The molecule has 0 saturated carbocycles. The van der Waals surface area contributed by atoms with E-state index >= 15 is 0 Å². The molecule has 2 unspecified atom stereocenters. The Bertz CT molecular complexity index is 264. The van der Waals surface area contributed by atoms with Gasteiger partial charge in [0, 0.05) is 11.9 Å². The highest BCUT2D eigenvalue weighted by Gasteiger charge is 2.32. The van der Waals surface area contributed by atoms with Gasteiger partial charge in [0.05, 0.1) is 6.61 Å². The summed E-state index contributed by atoms with van der Waals surface area (Å²) in [5.74, 6) is 0.926. The molecule has 0 aliphatic rings. The minimum Gasteiger partial charge on any atom is -0.465 e. The third-order valence-electron chi connectivity index (χ3n) is 3.30. The van der Waals surface area contributed by atoms with Gasteiger partial charge in [-0.1, -0.05) is 20.3 Å². The minimum absolute atomic E-state index is 0.150. The Morgan fingerprint density at radius 3 is 2.65 bits per heavy atom. The molecular weight excluding hydrogens is 274 g/mol. The van der Waals surface area contributed by atoms with Crippen LogP contribution in [0.1, 0.15) is 53.4 Å². The Hall–Kier alpha value is -0.260. The summed E-state index contributed by atoms with van der Waals surface area (Å²) in [4.78, 5) is 12.0. The zero-order chi connectivity index (χ0) is 15.4. The number of thioether (sulfide) groups is 1. The molecule has 0 fully saturated rings. The van der Waals surface area contributed by atoms with Gasteiger partial charge < -0.3 is 15.2 Å². The van der Waals surface area contributed by atoms with Crippen LogP contribution in [0.5, 0.6) is 0 Å². The molecule has 0 heterocycles. The number of carbonyl (C=O) groups excluding carboxylic acids is 1. The highest BCUT2D eigenvalue weighted by atomic mass is 32.2. The zero-order valence-electron chi connectivity index (χ0n) is 13.4. The lowest BCUT2D eigenvalue weighted by Gasteiger charge is -2.28. The first-order chi connectivity index (χ1) is 9.50.